The Kier molecular flexibility index (Phi) is 3.20. The second-order valence-corrected chi connectivity index (χ2v) is 6.44. The Balaban J connectivity index is 1.57. The molecule has 1 aliphatic carbocycles. The van der Waals surface area contributed by atoms with Gasteiger partial charge >= 0.3 is 0 Å². The zero-order valence-corrected chi connectivity index (χ0v) is 11.5. The fourth-order valence-electron chi connectivity index (χ4n) is 4.07. The van der Waals surface area contributed by atoms with Crippen LogP contribution >= 0.6 is 0 Å². The van der Waals surface area contributed by atoms with Crippen LogP contribution in [0.5, 0.6) is 0 Å². The third-order valence-corrected chi connectivity index (χ3v) is 5.13. The molecule has 1 saturated carbocycles. The molecule has 2 nitrogen and oxygen atoms in total. The first-order valence-electron chi connectivity index (χ1n) is 7.76. The van der Waals surface area contributed by atoms with Crippen molar-refractivity contribution in [1.82, 2.24) is 5.06 Å². The quantitative estimate of drug-likeness (QED) is 0.719. The summed E-state index contributed by atoms with van der Waals surface area (Å²) in [5, 5.41) is 2.42. The highest BCUT2D eigenvalue weighted by Crippen LogP contribution is 2.59. The van der Waals surface area contributed by atoms with E-state index in [4.69, 9.17) is 4.84 Å². The van der Waals surface area contributed by atoms with Crippen molar-refractivity contribution in [3.8, 4) is 0 Å². The van der Waals surface area contributed by atoms with Gasteiger partial charge in [-0.2, -0.15) is 5.06 Å². The van der Waals surface area contributed by atoms with Gasteiger partial charge in [-0.05, 0) is 44.4 Å². The van der Waals surface area contributed by atoms with E-state index in [1.165, 1.54) is 57.8 Å². The second-order valence-electron chi connectivity index (χ2n) is 6.44. The van der Waals surface area contributed by atoms with Gasteiger partial charge in [-0.15, -0.1) is 0 Å². The predicted octanol–water partition coefficient (Wildman–Crippen LogP) is 3.90. The molecule has 0 aromatic carbocycles. The Morgan fingerprint density at radius 1 is 1.12 bits per heavy atom. The van der Waals surface area contributed by atoms with Crippen LogP contribution in [0, 0.1) is 5.92 Å². The Morgan fingerprint density at radius 2 is 2.00 bits per heavy atom. The molecular formula is C15H27NO. The summed E-state index contributed by atoms with van der Waals surface area (Å²) in [5.74, 6) is 0.880. The van der Waals surface area contributed by atoms with Crippen LogP contribution in [0.2, 0.25) is 0 Å². The predicted molar refractivity (Wildman–Crippen MR) is 69.6 cm³/mol. The van der Waals surface area contributed by atoms with Crippen molar-refractivity contribution in [2.24, 2.45) is 5.92 Å². The van der Waals surface area contributed by atoms with Crippen LogP contribution in [0.25, 0.3) is 0 Å². The molecule has 3 rings (SSSR count). The van der Waals surface area contributed by atoms with Gasteiger partial charge in [0, 0.05) is 12.1 Å². The molecule has 17 heavy (non-hydrogen) atoms. The van der Waals surface area contributed by atoms with E-state index < -0.39 is 0 Å². The third-order valence-electron chi connectivity index (χ3n) is 5.13. The van der Waals surface area contributed by atoms with E-state index in [-0.39, 0.29) is 0 Å². The number of hydroxylamine groups is 2. The molecule has 3 fully saturated rings. The highest BCUT2D eigenvalue weighted by molar-refractivity contribution is 5.11. The maximum Gasteiger partial charge on any atom is 0.0948 e. The first kappa shape index (κ1) is 12.0. The van der Waals surface area contributed by atoms with Crippen molar-refractivity contribution in [2.75, 3.05) is 0 Å². The Labute approximate surface area is 106 Å². The largest absolute Gasteiger partial charge is 0.292 e. The van der Waals surface area contributed by atoms with E-state index in [9.17, 15) is 0 Å². The molecule has 0 aromatic rings. The van der Waals surface area contributed by atoms with Crippen molar-refractivity contribution in [3.05, 3.63) is 0 Å². The molecule has 0 aromatic heterocycles. The van der Waals surface area contributed by atoms with E-state index in [1.54, 1.807) is 0 Å². The molecule has 0 unspecified atom stereocenters. The van der Waals surface area contributed by atoms with Gasteiger partial charge in [-0.3, -0.25) is 4.84 Å². The van der Waals surface area contributed by atoms with Gasteiger partial charge in [0.15, 0.2) is 0 Å². The van der Waals surface area contributed by atoms with E-state index >= 15 is 0 Å². The van der Waals surface area contributed by atoms with Crippen molar-refractivity contribution in [3.63, 3.8) is 0 Å². The van der Waals surface area contributed by atoms with Crippen molar-refractivity contribution < 1.29 is 4.84 Å². The fourth-order valence-corrected chi connectivity index (χ4v) is 4.07. The third kappa shape index (κ3) is 2.04. The minimum atomic E-state index is 0.311. The maximum atomic E-state index is 6.39. The smallest absolute Gasteiger partial charge is 0.0948 e. The molecule has 2 heterocycles. The summed E-state index contributed by atoms with van der Waals surface area (Å²) in [6.07, 6.45) is 12.2. The van der Waals surface area contributed by atoms with Crippen molar-refractivity contribution >= 4 is 0 Å². The average Bonchev–Trinajstić information content (AvgIpc) is 2.66. The maximum absolute atomic E-state index is 6.39. The van der Waals surface area contributed by atoms with Gasteiger partial charge in [-0.1, -0.05) is 33.1 Å². The van der Waals surface area contributed by atoms with Gasteiger partial charge in [0.1, 0.15) is 0 Å². The molecule has 0 bridgehead atoms. The standard InChI is InChI=1S/C15H27NO/c1-3-5-7-13-8-9-14-11-15(17-16(13)14)10-12(15)6-4-2/h12-14H,3-11H2,1-2H3/t12-,13-,14+,15-/m1/s1. The van der Waals surface area contributed by atoms with Gasteiger partial charge in [0.2, 0.25) is 0 Å². The van der Waals surface area contributed by atoms with E-state index in [0.29, 0.717) is 5.60 Å². The van der Waals surface area contributed by atoms with E-state index in [2.05, 4.69) is 18.9 Å². The molecule has 98 valence electrons. The molecule has 2 saturated heterocycles. The van der Waals surface area contributed by atoms with Gasteiger partial charge in [0.25, 0.3) is 0 Å². The lowest BCUT2D eigenvalue weighted by Crippen LogP contribution is -2.31. The summed E-state index contributed by atoms with van der Waals surface area (Å²) in [4.78, 5) is 6.39. The number of rotatable bonds is 5. The Bertz CT molecular complexity index is 280. The lowest BCUT2D eigenvalue weighted by molar-refractivity contribution is -0.188. The summed E-state index contributed by atoms with van der Waals surface area (Å²) in [7, 11) is 0. The fraction of sp³-hybridized carbons (Fsp3) is 1.00. The van der Waals surface area contributed by atoms with E-state index in [0.717, 1.165) is 18.0 Å². The average molecular weight is 237 g/mol. The van der Waals surface area contributed by atoms with Crippen LogP contribution in [0.1, 0.15) is 71.6 Å². The lowest BCUT2D eigenvalue weighted by atomic mass is 10.0. The van der Waals surface area contributed by atoms with Gasteiger partial charge < -0.3 is 0 Å². The first-order valence-corrected chi connectivity index (χ1v) is 7.76. The molecule has 4 atom stereocenters. The summed E-state index contributed by atoms with van der Waals surface area (Å²) in [6.45, 7) is 4.59. The summed E-state index contributed by atoms with van der Waals surface area (Å²) >= 11 is 0. The highest BCUT2D eigenvalue weighted by atomic mass is 16.7. The molecule has 2 heteroatoms. The molecule has 2 aliphatic heterocycles. The number of fused-ring (bicyclic) bond motifs is 1. The molecule has 0 N–H and O–H groups in total. The lowest BCUT2D eigenvalue weighted by Gasteiger charge is -2.23. The molecule has 1 spiro atoms. The van der Waals surface area contributed by atoms with Crippen LogP contribution in [-0.2, 0) is 4.84 Å². The number of unbranched alkanes of at least 4 members (excludes halogenated alkanes) is 1. The van der Waals surface area contributed by atoms with Crippen LogP contribution < -0.4 is 0 Å². The number of hydrogen-bond acceptors (Lipinski definition) is 2. The van der Waals surface area contributed by atoms with Crippen molar-refractivity contribution in [1.29, 1.82) is 0 Å². The number of nitrogens with zero attached hydrogens (tertiary/aromatic N) is 1. The molecule has 3 aliphatic rings. The normalized spacial score (nSPS) is 44.5. The number of hydrogen-bond donors (Lipinski definition) is 0. The van der Waals surface area contributed by atoms with Crippen LogP contribution in [0.3, 0.4) is 0 Å². The second kappa shape index (κ2) is 4.55. The Hall–Kier alpha value is -0.0800. The van der Waals surface area contributed by atoms with Gasteiger partial charge in [-0.25, -0.2) is 0 Å². The first-order chi connectivity index (χ1) is 8.29. The zero-order chi connectivity index (χ0) is 11.9. The zero-order valence-electron chi connectivity index (χ0n) is 11.5. The molecule has 0 radical (unpaired) electrons. The Morgan fingerprint density at radius 3 is 2.76 bits per heavy atom. The van der Waals surface area contributed by atoms with E-state index in [1.807, 2.05) is 0 Å². The van der Waals surface area contributed by atoms with Crippen LogP contribution in [0.15, 0.2) is 0 Å². The van der Waals surface area contributed by atoms with Gasteiger partial charge in [0.05, 0.1) is 5.60 Å². The SMILES string of the molecule is CCCC[C@@H]1CC[C@H]2C[C@@]3(C[C@H]3CCC)ON12. The summed E-state index contributed by atoms with van der Waals surface area (Å²) < 4.78 is 0. The molecule has 0 amide bonds. The summed E-state index contributed by atoms with van der Waals surface area (Å²) in [5.41, 5.74) is 0.311. The topological polar surface area (TPSA) is 12.5 Å². The minimum Gasteiger partial charge on any atom is -0.292 e. The molecular weight excluding hydrogens is 210 g/mol. The highest BCUT2D eigenvalue weighted by Gasteiger charge is 2.63. The monoisotopic (exact) mass is 237 g/mol. The summed E-state index contributed by atoms with van der Waals surface area (Å²) in [6, 6.07) is 1.50. The van der Waals surface area contributed by atoms with Crippen molar-refractivity contribution in [2.45, 2.75) is 89.3 Å². The van der Waals surface area contributed by atoms with Crippen LogP contribution in [-0.4, -0.2) is 22.7 Å². The minimum absolute atomic E-state index is 0.311. The van der Waals surface area contributed by atoms with Crippen LogP contribution in [0.4, 0.5) is 0 Å².